The molecule has 0 bridgehead atoms. The first-order valence-electron chi connectivity index (χ1n) is 7.23. The highest BCUT2D eigenvalue weighted by molar-refractivity contribution is 5.83. The highest BCUT2D eigenvalue weighted by Gasteiger charge is 2.19. The molecule has 18 heavy (non-hydrogen) atoms. The van der Waals surface area contributed by atoms with Gasteiger partial charge in [-0.25, -0.2) is 0 Å². The lowest BCUT2D eigenvalue weighted by atomic mass is 9.79. The SMILES string of the molecule is Cc1ccc2cc(C3CCC(C)CC3)ccc2c1. The van der Waals surface area contributed by atoms with E-state index in [1.165, 1.54) is 42.0 Å². The molecule has 2 aromatic carbocycles. The Morgan fingerprint density at radius 2 is 1.50 bits per heavy atom. The Morgan fingerprint density at radius 3 is 2.28 bits per heavy atom. The summed E-state index contributed by atoms with van der Waals surface area (Å²) in [5.41, 5.74) is 2.90. The molecule has 1 fully saturated rings. The molecule has 1 aliphatic rings. The average molecular weight is 238 g/mol. The van der Waals surface area contributed by atoms with Crippen LogP contribution in [0.2, 0.25) is 0 Å². The van der Waals surface area contributed by atoms with E-state index in [1.54, 1.807) is 5.56 Å². The second kappa shape index (κ2) is 4.76. The van der Waals surface area contributed by atoms with Gasteiger partial charge in [-0.1, -0.05) is 61.7 Å². The Morgan fingerprint density at radius 1 is 0.833 bits per heavy atom. The maximum absolute atomic E-state index is 2.41. The van der Waals surface area contributed by atoms with Gasteiger partial charge in [-0.05, 0) is 47.9 Å². The van der Waals surface area contributed by atoms with Crippen LogP contribution in [0.5, 0.6) is 0 Å². The first-order chi connectivity index (χ1) is 8.72. The third-order valence-electron chi connectivity index (χ3n) is 4.51. The van der Waals surface area contributed by atoms with Gasteiger partial charge in [-0.15, -0.1) is 0 Å². The van der Waals surface area contributed by atoms with Crippen molar-refractivity contribution in [1.29, 1.82) is 0 Å². The molecule has 0 aliphatic heterocycles. The van der Waals surface area contributed by atoms with E-state index < -0.39 is 0 Å². The zero-order chi connectivity index (χ0) is 12.5. The van der Waals surface area contributed by atoms with Crippen LogP contribution in [0.1, 0.15) is 49.7 Å². The van der Waals surface area contributed by atoms with E-state index >= 15 is 0 Å². The van der Waals surface area contributed by atoms with Gasteiger partial charge in [0.25, 0.3) is 0 Å². The first kappa shape index (κ1) is 11.8. The Kier molecular flexibility index (Phi) is 3.11. The lowest BCUT2D eigenvalue weighted by Crippen LogP contribution is -2.10. The maximum Gasteiger partial charge on any atom is -0.0162 e. The molecule has 0 N–H and O–H groups in total. The largest absolute Gasteiger partial charge is 0.0625 e. The van der Waals surface area contributed by atoms with Crippen molar-refractivity contribution in [2.45, 2.75) is 45.4 Å². The summed E-state index contributed by atoms with van der Waals surface area (Å²) in [5.74, 6) is 1.73. The summed E-state index contributed by atoms with van der Waals surface area (Å²) in [6.07, 6.45) is 5.55. The molecule has 0 spiro atoms. The van der Waals surface area contributed by atoms with E-state index in [4.69, 9.17) is 0 Å². The van der Waals surface area contributed by atoms with Crippen LogP contribution in [-0.2, 0) is 0 Å². The minimum Gasteiger partial charge on any atom is -0.0625 e. The fraction of sp³-hybridized carbons (Fsp3) is 0.444. The van der Waals surface area contributed by atoms with E-state index in [2.05, 4.69) is 50.2 Å². The van der Waals surface area contributed by atoms with Gasteiger partial charge in [0.1, 0.15) is 0 Å². The van der Waals surface area contributed by atoms with E-state index in [-0.39, 0.29) is 0 Å². The van der Waals surface area contributed by atoms with Gasteiger partial charge in [0.15, 0.2) is 0 Å². The van der Waals surface area contributed by atoms with Crippen LogP contribution in [0.25, 0.3) is 10.8 Å². The summed E-state index contributed by atoms with van der Waals surface area (Å²) in [5, 5.41) is 2.78. The number of rotatable bonds is 1. The van der Waals surface area contributed by atoms with Crippen LogP contribution in [0.3, 0.4) is 0 Å². The second-order valence-electron chi connectivity index (χ2n) is 6.07. The molecule has 0 nitrogen and oxygen atoms in total. The average Bonchev–Trinajstić information content (AvgIpc) is 2.39. The summed E-state index contributed by atoms with van der Waals surface area (Å²) in [7, 11) is 0. The molecule has 0 aromatic heterocycles. The molecule has 0 amide bonds. The van der Waals surface area contributed by atoms with E-state index in [9.17, 15) is 0 Å². The summed E-state index contributed by atoms with van der Waals surface area (Å²) < 4.78 is 0. The Bertz CT molecular complexity index is 545. The lowest BCUT2D eigenvalue weighted by molar-refractivity contribution is 0.348. The van der Waals surface area contributed by atoms with Crippen molar-refractivity contribution in [3.63, 3.8) is 0 Å². The smallest absolute Gasteiger partial charge is 0.0162 e. The van der Waals surface area contributed by atoms with Crippen LogP contribution in [0.4, 0.5) is 0 Å². The van der Waals surface area contributed by atoms with Crippen molar-refractivity contribution in [1.82, 2.24) is 0 Å². The molecule has 0 unspecified atom stereocenters. The summed E-state index contributed by atoms with van der Waals surface area (Å²) in [6.45, 7) is 4.55. The number of benzene rings is 2. The Hall–Kier alpha value is -1.30. The second-order valence-corrected chi connectivity index (χ2v) is 6.07. The Balaban J connectivity index is 1.91. The maximum atomic E-state index is 2.41. The topological polar surface area (TPSA) is 0 Å². The monoisotopic (exact) mass is 238 g/mol. The number of fused-ring (bicyclic) bond motifs is 1. The molecule has 0 atom stereocenters. The number of hydrogen-bond acceptors (Lipinski definition) is 0. The fourth-order valence-corrected chi connectivity index (χ4v) is 3.23. The van der Waals surface area contributed by atoms with Gasteiger partial charge in [0.05, 0.1) is 0 Å². The molecule has 1 aliphatic carbocycles. The van der Waals surface area contributed by atoms with Gasteiger partial charge in [0.2, 0.25) is 0 Å². The molecule has 3 rings (SSSR count). The number of aryl methyl sites for hydroxylation is 1. The van der Waals surface area contributed by atoms with Crippen LogP contribution in [0, 0.1) is 12.8 Å². The van der Waals surface area contributed by atoms with Crippen molar-refractivity contribution < 1.29 is 0 Å². The quantitative estimate of drug-likeness (QED) is 0.620. The normalized spacial score (nSPS) is 24.3. The van der Waals surface area contributed by atoms with Crippen LogP contribution >= 0.6 is 0 Å². The van der Waals surface area contributed by atoms with Crippen LogP contribution < -0.4 is 0 Å². The molecular formula is C18H22. The minimum absolute atomic E-state index is 0.798. The standard InChI is InChI=1S/C18H22/c1-13-3-6-15(7-4-13)17-10-9-16-11-14(2)5-8-18(16)12-17/h5,8-13,15H,3-4,6-7H2,1-2H3. The first-order valence-corrected chi connectivity index (χ1v) is 7.23. The van der Waals surface area contributed by atoms with Gasteiger partial charge >= 0.3 is 0 Å². The molecule has 2 aromatic rings. The predicted octanol–water partition coefficient (Wildman–Crippen LogP) is 5.44. The summed E-state index contributed by atoms with van der Waals surface area (Å²) >= 11 is 0. The van der Waals surface area contributed by atoms with Crippen molar-refractivity contribution in [3.8, 4) is 0 Å². The van der Waals surface area contributed by atoms with Crippen molar-refractivity contribution in [3.05, 3.63) is 47.5 Å². The molecule has 0 heteroatoms. The predicted molar refractivity (Wildman–Crippen MR) is 79.1 cm³/mol. The van der Waals surface area contributed by atoms with E-state index in [1.807, 2.05) is 0 Å². The highest BCUT2D eigenvalue weighted by atomic mass is 14.2. The molecule has 0 radical (unpaired) electrons. The zero-order valence-electron chi connectivity index (χ0n) is 11.4. The van der Waals surface area contributed by atoms with Gasteiger partial charge < -0.3 is 0 Å². The minimum atomic E-state index is 0.798. The van der Waals surface area contributed by atoms with Crippen LogP contribution in [-0.4, -0.2) is 0 Å². The molecular weight excluding hydrogens is 216 g/mol. The van der Waals surface area contributed by atoms with Crippen molar-refractivity contribution in [2.24, 2.45) is 5.92 Å². The number of hydrogen-bond donors (Lipinski definition) is 0. The van der Waals surface area contributed by atoms with Crippen LogP contribution in [0.15, 0.2) is 36.4 Å². The summed E-state index contributed by atoms with van der Waals surface area (Å²) in [6, 6.07) is 13.8. The highest BCUT2D eigenvalue weighted by Crippen LogP contribution is 2.36. The molecule has 0 heterocycles. The Labute approximate surface area is 110 Å². The van der Waals surface area contributed by atoms with Crippen molar-refractivity contribution >= 4 is 10.8 Å². The zero-order valence-corrected chi connectivity index (χ0v) is 11.4. The fourth-order valence-electron chi connectivity index (χ4n) is 3.23. The summed E-state index contributed by atoms with van der Waals surface area (Å²) in [4.78, 5) is 0. The molecule has 94 valence electrons. The lowest BCUT2D eigenvalue weighted by Gasteiger charge is -2.26. The molecule has 0 saturated heterocycles. The van der Waals surface area contributed by atoms with Gasteiger partial charge in [-0.3, -0.25) is 0 Å². The van der Waals surface area contributed by atoms with Gasteiger partial charge in [0, 0.05) is 0 Å². The van der Waals surface area contributed by atoms with Crippen molar-refractivity contribution in [2.75, 3.05) is 0 Å². The molecule has 1 saturated carbocycles. The third-order valence-corrected chi connectivity index (χ3v) is 4.51. The third kappa shape index (κ3) is 2.29. The van der Waals surface area contributed by atoms with Gasteiger partial charge in [-0.2, -0.15) is 0 Å². The van der Waals surface area contributed by atoms with E-state index in [0.717, 1.165) is 11.8 Å². The van der Waals surface area contributed by atoms with E-state index in [0.29, 0.717) is 0 Å².